The van der Waals surface area contributed by atoms with Crippen LogP contribution in [0.4, 0.5) is 13.2 Å². The van der Waals surface area contributed by atoms with Crippen molar-refractivity contribution in [1.29, 1.82) is 0 Å². The van der Waals surface area contributed by atoms with E-state index in [1.165, 1.54) is 18.2 Å². The number of alkyl halides is 2. The molecule has 0 radical (unpaired) electrons. The fourth-order valence-electron chi connectivity index (χ4n) is 4.62. The van der Waals surface area contributed by atoms with E-state index >= 15 is 0 Å². The molecule has 1 aromatic carbocycles. The van der Waals surface area contributed by atoms with Gasteiger partial charge in [0.2, 0.25) is 0 Å². The van der Waals surface area contributed by atoms with E-state index in [-0.39, 0.29) is 39.9 Å². The summed E-state index contributed by atoms with van der Waals surface area (Å²) >= 11 is 5.62. The molecule has 2 bridgehead atoms. The van der Waals surface area contributed by atoms with Gasteiger partial charge >= 0.3 is 0 Å². The smallest absolute Gasteiger partial charge is 0.265 e. The van der Waals surface area contributed by atoms with Crippen LogP contribution < -0.4 is 10.1 Å². The van der Waals surface area contributed by atoms with Gasteiger partial charge in [-0.1, -0.05) is 23.8 Å². The third-order valence-electron chi connectivity index (χ3n) is 5.85. The standard InChI is InChI=1S/C20H20ClF3N2O2/c21-15-4-3-14(8-16(15)22)28-10-17(27)25-19-5-6-20(11-19,12-19)26-7-1-2-13(9-26)18(23)24/h1-4,8-9,18H,5-7,10-12H2,(H,25,27). The lowest BCUT2D eigenvalue weighted by Crippen LogP contribution is -2.64. The zero-order valence-corrected chi connectivity index (χ0v) is 15.8. The number of carbonyl (C=O) groups is 1. The molecule has 1 aromatic rings. The molecular formula is C20H20ClF3N2O2. The number of allylic oxidation sites excluding steroid dienone is 2. The zero-order valence-electron chi connectivity index (χ0n) is 15.1. The Labute approximate surface area is 166 Å². The molecule has 8 heteroatoms. The zero-order chi connectivity index (χ0) is 19.9. The van der Waals surface area contributed by atoms with Crippen molar-refractivity contribution in [2.45, 2.75) is 43.2 Å². The second-order valence-corrected chi connectivity index (χ2v) is 8.16. The number of hydrogen-bond donors (Lipinski definition) is 1. The Morgan fingerprint density at radius 2 is 2.11 bits per heavy atom. The van der Waals surface area contributed by atoms with Crippen LogP contribution in [0, 0.1) is 5.82 Å². The van der Waals surface area contributed by atoms with Crippen molar-refractivity contribution in [1.82, 2.24) is 10.2 Å². The van der Waals surface area contributed by atoms with Gasteiger partial charge in [-0.2, -0.15) is 0 Å². The maximum absolute atomic E-state index is 13.4. The summed E-state index contributed by atoms with van der Waals surface area (Å²) in [5.41, 5.74) is -0.457. The van der Waals surface area contributed by atoms with E-state index in [1.54, 1.807) is 12.3 Å². The van der Waals surface area contributed by atoms with Gasteiger partial charge in [0.05, 0.1) is 5.02 Å². The molecule has 1 aliphatic heterocycles. The number of halogens is 4. The molecule has 3 aliphatic carbocycles. The Morgan fingerprint density at radius 3 is 2.82 bits per heavy atom. The van der Waals surface area contributed by atoms with Gasteiger partial charge in [-0.05, 0) is 37.8 Å². The minimum Gasteiger partial charge on any atom is -0.484 e. The van der Waals surface area contributed by atoms with Gasteiger partial charge in [-0.25, -0.2) is 13.2 Å². The Morgan fingerprint density at radius 1 is 1.32 bits per heavy atom. The van der Waals surface area contributed by atoms with Gasteiger partial charge in [0.15, 0.2) is 6.61 Å². The van der Waals surface area contributed by atoms with E-state index < -0.39 is 12.2 Å². The maximum Gasteiger partial charge on any atom is 0.265 e. The first-order valence-corrected chi connectivity index (χ1v) is 9.51. The molecule has 5 rings (SSSR count). The van der Waals surface area contributed by atoms with Crippen LogP contribution in [0.1, 0.15) is 25.7 Å². The summed E-state index contributed by atoms with van der Waals surface area (Å²) < 4.78 is 44.7. The normalized spacial score (nSPS) is 28.2. The van der Waals surface area contributed by atoms with Crippen LogP contribution in [0.3, 0.4) is 0 Å². The molecule has 3 fully saturated rings. The molecule has 0 aromatic heterocycles. The molecule has 0 spiro atoms. The highest BCUT2D eigenvalue weighted by Gasteiger charge is 2.63. The summed E-state index contributed by atoms with van der Waals surface area (Å²) in [6.45, 7) is 0.378. The topological polar surface area (TPSA) is 41.6 Å². The van der Waals surface area contributed by atoms with Crippen LogP contribution in [-0.2, 0) is 4.79 Å². The van der Waals surface area contributed by atoms with Gasteiger partial charge in [0, 0.05) is 35.5 Å². The quantitative estimate of drug-likeness (QED) is 0.766. The minimum absolute atomic E-state index is 0.0101. The molecule has 4 aliphatic rings. The third kappa shape index (κ3) is 3.48. The number of hydrogen-bond acceptors (Lipinski definition) is 3. The second-order valence-electron chi connectivity index (χ2n) is 7.76. The number of fused-ring (bicyclic) bond motifs is 1. The predicted octanol–water partition coefficient (Wildman–Crippen LogP) is 4.06. The highest BCUT2D eigenvalue weighted by Crippen LogP contribution is 2.58. The van der Waals surface area contributed by atoms with Crippen LogP contribution in [0.5, 0.6) is 5.75 Å². The van der Waals surface area contributed by atoms with E-state index in [0.717, 1.165) is 31.7 Å². The average molecular weight is 413 g/mol. The first-order chi connectivity index (χ1) is 13.3. The molecule has 4 nitrogen and oxygen atoms in total. The van der Waals surface area contributed by atoms with E-state index in [0.29, 0.717) is 6.54 Å². The molecule has 28 heavy (non-hydrogen) atoms. The third-order valence-corrected chi connectivity index (χ3v) is 6.15. The molecule has 1 N–H and O–H groups in total. The average Bonchev–Trinajstić information content (AvgIpc) is 3.19. The molecule has 1 amide bonds. The molecule has 0 unspecified atom stereocenters. The predicted molar refractivity (Wildman–Crippen MR) is 98.9 cm³/mol. The summed E-state index contributed by atoms with van der Waals surface area (Å²) in [7, 11) is 0. The highest BCUT2D eigenvalue weighted by atomic mass is 35.5. The van der Waals surface area contributed by atoms with Crippen molar-refractivity contribution < 1.29 is 22.7 Å². The summed E-state index contributed by atoms with van der Waals surface area (Å²) in [5.74, 6) is -0.661. The minimum atomic E-state index is -2.49. The molecular weight excluding hydrogens is 393 g/mol. The molecule has 3 saturated carbocycles. The van der Waals surface area contributed by atoms with Crippen LogP contribution in [-0.4, -0.2) is 41.5 Å². The summed E-state index contributed by atoms with van der Waals surface area (Å²) in [5, 5.41) is 3.01. The SMILES string of the molecule is O=C(COc1ccc(Cl)c(F)c1)NC12CCC(N3C=C(C(F)F)C=CC3)(C1)C2. The summed E-state index contributed by atoms with van der Waals surface area (Å²) in [6.07, 6.45) is 5.38. The Bertz CT molecular complexity index is 850. The first kappa shape index (κ1) is 19.2. The van der Waals surface area contributed by atoms with Crippen molar-refractivity contribution >= 4 is 17.5 Å². The lowest BCUT2D eigenvalue weighted by atomic mass is 9.70. The van der Waals surface area contributed by atoms with Gasteiger partial charge in [0.1, 0.15) is 11.6 Å². The number of nitrogens with one attached hydrogen (secondary N) is 1. The Kier molecular flexibility index (Phi) is 4.81. The number of ether oxygens (including phenoxy) is 1. The van der Waals surface area contributed by atoms with Crippen molar-refractivity contribution in [3.63, 3.8) is 0 Å². The highest BCUT2D eigenvalue weighted by molar-refractivity contribution is 6.30. The Hall–Kier alpha value is -2.15. The monoisotopic (exact) mass is 412 g/mol. The van der Waals surface area contributed by atoms with Gasteiger partial charge < -0.3 is 15.0 Å². The van der Waals surface area contributed by atoms with Crippen molar-refractivity contribution in [2.24, 2.45) is 0 Å². The number of nitrogens with zero attached hydrogens (tertiary/aromatic N) is 1. The number of benzene rings is 1. The lowest BCUT2D eigenvalue weighted by Gasteiger charge is -2.53. The summed E-state index contributed by atoms with van der Waals surface area (Å²) in [4.78, 5) is 14.3. The number of amides is 1. The lowest BCUT2D eigenvalue weighted by molar-refractivity contribution is -0.126. The molecule has 0 atom stereocenters. The van der Waals surface area contributed by atoms with Crippen molar-refractivity contribution in [2.75, 3.05) is 13.2 Å². The van der Waals surface area contributed by atoms with Gasteiger partial charge in [-0.15, -0.1) is 0 Å². The van der Waals surface area contributed by atoms with Gasteiger partial charge in [0.25, 0.3) is 12.3 Å². The molecule has 1 heterocycles. The van der Waals surface area contributed by atoms with E-state index in [1.807, 2.05) is 4.90 Å². The second kappa shape index (κ2) is 7.03. The fraction of sp³-hybridized carbons (Fsp3) is 0.450. The first-order valence-electron chi connectivity index (χ1n) is 9.13. The Balaban J connectivity index is 1.32. The van der Waals surface area contributed by atoms with Crippen LogP contribution in [0.15, 0.2) is 42.1 Å². The van der Waals surface area contributed by atoms with Gasteiger partial charge in [-0.3, -0.25) is 4.79 Å². The maximum atomic E-state index is 13.4. The largest absolute Gasteiger partial charge is 0.484 e. The summed E-state index contributed by atoms with van der Waals surface area (Å²) in [6, 6.07) is 4.00. The van der Waals surface area contributed by atoms with Crippen LogP contribution in [0.25, 0.3) is 0 Å². The fourth-order valence-corrected chi connectivity index (χ4v) is 4.73. The van der Waals surface area contributed by atoms with E-state index in [4.69, 9.17) is 16.3 Å². The van der Waals surface area contributed by atoms with Crippen molar-refractivity contribution in [3.8, 4) is 5.75 Å². The van der Waals surface area contributed by atoms with Crippen LogP contribution in [0.2, 0.25) is 5.02 Å². The van der Waals surface area contributed by atoms with Crippen LogP contribution >= 0.6 is 11.6 Å². The van der Waals surface area contributed by atoms with E-state index in [2.05, 4.69) is 5.32 Å². The number of carbonyl (C=O) groups excluding carboxylic acids is 1. The molecule has 0 saturated heterocycles. The van der Waals surface area contributed by atoms with E-state index in [9.17, 15) is 18.0 Å². The van der Waals surface area contributed by atoms with Crippen molar-refractivity contribution in [3.05, 3.63) is 53.0 Å². The number of rotatable bonds is 6. The molecule has 150 valence electrons.